The maximum absolute atomic E-state index is 9.49. The van der Waals surface area contributed by atoms with Crippen LogP contribution in [0.3, 0.4) is 0 Å². The molecule has 4 heteroatoms. The number of aromatic nitrogens is 1. The van der Waals surface area contributed by atoms with Crippen molar-refractivity contribution in [2.75, 3.05) is 12.4 Å². The Balaban J connectivity index is 2.59. The monoisotopic (exact) mass is 213 g/mol. The Labute approximate surface area is 88.2 Å². The lowest BCUT2D eigenvalue weighted by Crippen LogP contribution is -1.98. The van der Waals surface area contributed by atoms with Gasteiger partial charge in [0, 0.05) is 16.8 Å². The third kappa shape index (κ3) is 3.29. The smallest absolute Gasteiger partial charge is 0.0957 e. The lowest BCUT2D eigenvalue weighted by molar-refractivity contribution is 0.169. The largest absolute Gasteiger partial charge is 0.396 e. The normalized spacial score (nSPS) is 12.8. The van der Waals surface area contributed by atoms with E-state index in [0.717, 1.165) is 4.90 Å². The second kappa shape index (κ2) is 6.01. The standard InChI is InChI=1S/C10H15NO2S/c1-2-10(13)9-4-3-8(7-11-9)14-6-5-12/h3-4,7,10,12-13H,2,5-6H2,1H3/t10-/m1/s1. The fourth-order valence-corrected chi connectivity index (χ4v) is 1.67. The Kier molecular flexibility index (Phi) is 4.93. The molecule has 1 atom stereocenters. The molecular weight excluding hydrogens is 198 g/mol. The van der Waals surface area contributed by atoms with Crippen molar-refractivity contribution in [2.45, 2.75) is 24.3 Å². The first-order valence-electron chi connectivity index (χ1n) is 4.65. The SMILES string of the molecule is CC[C@@H](O)c1ccc(SCCO)cn1. The minimum atomic E-state index is -0.466. The minimum Gasteiger partial charge on any atom is -0.396 e. The first-order valence-corrected chi connectivity index (χ1v) is 5.64. The molecular formula is C10H15NO2S. The van der Waals surface area contributed by atoms with E-state index in [0.29, 0.717) is 17.9 Å². The van der Waals surface area contributed by atoms with Crippen LogP contribution in [0.4, 0.5) is 0 Å². The molecule has 0 saturated carbocycles. The zero-order chi connectivity index (χ0) is 10.4. The van der Waals surface area contributed by atoms with Crippen LogP contribution in [0.25, 0.3) is 0 Å². The molecule has 3 nitrogen and oxygen atoms in total. The van der Waals surface area contributed by atoms with E-state index in [-0.39, 0.29) is 6.61 Å². The molecule has 0 aliphatic heterocycles. The Morgan fingerprint density at radius 1 is 1.50 bits per heavy atom. The van der Waals surface area contributed by atoms with Crippen molar-refractivity contribution in [3.63, 3.8) is 0 Å². The molecule has 0 radical (unpaired) electrons. The van der Waals surface area contributed by atoms with Crippen molar-refractivity contribution < 1.29 is 10.2 Å². The molecule has 0 bridgehead atoms. The topological polar surface area (TPSA) is 53.4 Å². The van der Waals surface area contributed by atoms with Crippen molar-refractivity contribution in [1.29, 1.82) is 0 Å². The van der Waals surface area contributed by atoms with Crippen LogP contribution in [0.15, 0.2) is 23.2 Å². The molecule has 78 valence electrons. The molecule has 1 heterocycles. The maximum atomic E-state index is 9.49. The number of rotatable bonds is 5. The fraction of sp³-hybridized carbons (Fsp3) is 0.500. The van der Waals surface area contributed by atoms with Gasteiger partial charge in [0.15, 0.2) is 0 Å². The van der Waals surface area contributed by atoms with Gasteiger partial charge in [-0.2, -0.15) is 0 Å². The van der Waals surface area contributed by atoms with Gasteiger partial charge in [-0.15, -0.1) is 11.8 Å². The van der Waals surface area contributed by atoms with E-state index in [4.69, 9.17) is 5.11 Å². The van der Waals surface area contributed by atoms with Gasteiger partial charge in [0.05, 0.1) is 18.4 Å². The summed E-state index contributed by atoms with van der Waals surface area (Å²) in [5, 5.41) is 18.1. The highest BCUT2D eigenvalue weighted by Gasteiger charge is 2.05. The molecule has 0 amide bonds. The second-order valence-corrected chi connectivity index (χ2v) is 4.08. The maximum Gasteiger partial charge on any atom is 0.0957 e. The summed E-state index contributed by atoms with van der Waals surface area (Å²) in [6.45, 7) is 2.09. The van der Waals surface area contributed by atoms with Gasteiger partial charge in [0.2, 0.25) is 0 Å². The summed E-state index contributed by atoms with van der Waals surface area (Å²) in [6, 6.07) is 3.75. The van der Waals surface area contributed by atoms with Gasteiger partial charge in [-0.05, 0) is 18.6 Å². The van der Waals surface area contributed by atoms with Gasteiger partial charge < -0.3 is 10.2 Å². The van der Waals surface area contributed by atoms with E-state index in [1.165, 1.54) is 0 Å². The number of pyridine rings is 1. The Morgan fingerprint density at radius 2 is 2.29 bits per heavy atom. The molecule has 0 unspecified atom stereocenters. The summed E-state index contributed by atoms with van der Waals surface area (Å²) in [5.74, 6) is 0.678. The van der Waals surface area contributed by atoms with E-state index in [9.17, 15) is 5.11 Å². The molecule has 2 N–H and O–H groups in total. The van der Waals surface area contributed by atoms with Crippen LogP contribution in [-0.2, 0) is 0 Å². The first-order chi connectivity index (χ1) is 6.77. The van der Waals surface area contributed by atoms with Crippen LogP contribution >= 0.6 is 11.8 Å². The van der Waals surface area contributed by atoms with E-state index < -0.39 is 6.10 Å². The predicted molar refractivity (Wildman–Crippen MR) is 57.3 cm³/mol. The van der Waals surface area contributed by atoms with Crippen LogP contribution in [0.5, 0.6) is 0 Å². The molecule has 1 aromatic rings. The van der Waals surface area contributed by atoms with Crippen LogP contribution < -0.4 is 0 Å². The Bertz CT molecular complexity index is 263. The van der Waals surface area contributed by atoms with Gasteiger partial charge in [0.25, 0.3) is 0 Å². The highest BCUT2D eigenvalue weighted by atomic mass is 32.2. The summed E-state index contributed by atoms with van der Waals surface area (Å²) in [5.41, 5.74) is 0.709. The summed E-state index contributed by atoms with van der Waals surface area (Å²) >= 11 is 1.55. The summed E-state index contributed by atoms with van der Waals surface area (Å²) < 4.78 is 0. The van der Waals surface area contributed by atoms with Crippen molar-refractivity contribution in [2.24, 2.45) is 0 Å². The fourth-order valence-electron chi connectivity index (χ4n) is 1.05. The van der Waals surface area contributed by atoms with Crippen molar-refractivity contribution >= 4 is 11.8 Å². The van der Waals surface area contributed by atoms with Crippen LogP contribution in [0.1, 0.15) is 25.1 Å². The number of hydrogen-bond acceptors (Lipinski definition) is 4. The van der Waals surface area contributed by atoms with Gasteiger partial charge in [-0.1, -0.05) is 6.92 Å². The van der Waals surface area contributed by atoms with Crippen molar-refractivity contribution in [3.05, 3.63) is 24.0 Å². The number of thioether (sulfide) groups is 1. The minimum absolute atomic E-state index is 0.171. The van der Waals surface area contributed by atoms with Gasteiger partial charge in [-0.3, -0.25) is 4.98 Å². The zero-order valence-electron chi connectivity index (χ0n) is 8.18. The average Bonchev–Trinajstić information content (AvgIpc) is 2.26. The summed E-state index contributed by atoms with van der Waals surface area (Å²) in [6.07, 6.45) is 1.94. The van der Waals surface area contributed by atoms with E-state index in [2.05, 4.69) is 4.98 Å². The molecule has 0 aliphatic rings. The van der Waals surface area contributed by atoms with Crippen molar-refractivity contribution in [1.82, 2.24) is 4.98 Å². The highest BCUT2D eigenvalue weighted by Crippen LogP contribution is 2.19. The zero-order valence-corrected chi connectivity index (χ0v) is 9.00. The summed E-state index contributed by atoms with van der Waals surface area (Å²) in [7, 11) is 0. The first kappa shape index (κ1) is 11.5. The number of hydrogen-bond donors (Lipinski definition) is 2. The molecule has 0 aromatic carbocycles. The third-order valence-electron chi connectivity index (χ3n) is 1.85. The quantitative estimate of drug-likeness (QED) is 0.730. The van der Waals surface area contributed by atoms with E-state index in [1.54, 1.807) is 18.0 Å². The molecule has 1 rings (SSSR count). The molecule has 1 aromatic heterocycles. The van der Waals surface area contributed by atoms with Gasteiger partial charge >= 0.3 is 0 Å². The lowest BCUT2D eigenvalue weighted by Gasteiger charge is -2.07. The predicted octanol–water partition coefficient (Wildman–Crippen LogP) is 1.61. The molecule has 0 spiro atoms. The van der Waals surface area contributed by atoms with Crippen LogP contribution in [-0.4, -0.2) is 27.6 Å². The van der Waals surface area contributed by atoms with E-state index >= 15 is 0 Å². The summed E-state index contributed by atoms with van der Waals surface area (Å²) in [4.78, 5) is 5.17. The molecule has 0 aliphatic carbocycles. The molecule has 0 fully saturated rings. The third-order valence-corrected chi connectivity index (χ3v) is 2.81. The molecule has 0 saturated heterocycles. The highest BCUT2D eigenvalue weighted by molar-refractivity contribution is 7.99. The Hall–Kier alpha value is -0.580. The van der Waals surface area contributed by atoms with Gasteiger partial charge in [-0.25, -0.2) is 0 Å². The number of aliphatic hydroxyl groups excluding tert-OH is 2. The van der Waals surface area contributed by atoms with Crippen molar-refractivity contribution in [3.8, 4) is 0 Å². The Morgan fingerprint density at radius 3 is 2.79 bits per heavy atom. The average molecular weight is 213 g/mol. The van der Waals surface area contributed by atoms with E-state index in [1.807, 2.05) is 19.1 Å². The lowest BCUT2D eigenvalue weighted by atomic mass is 10.2. The molecule has 14 heavy (non-hydrogen) atoms. The van der Waals surface area contributed by atoms with Crippen LogP contribution in [0, 0.1) is 0 Å². The number of aliphatic hydroxyl groups is 2. The number of nitrogens with zero attached hydrogens (tertiary/aromatic N) is 1. The second-order valence-electron chi connectivity index (χ2n) is 2.91. The van der Waals surface area contributed by atoms with Crippen LogP contribution in [0.2, 0.25) is 0 Å². The van der Waals surface area contributed by atoms with Gasteiger partial charge in [0.1, 0.15) is 0 Å².